The molecule has 0 unspecified atom stereocenters. The fourth-order valence-corrected chi connectivity index (χ4v) is 4.22. The highest BCUT2D eigenvalue weighted by Gasteiger charge is 2.42. The summed E-state index contributed by atoms with van der Waals surface area (Å²) in [6.45, 7) is 4.26. The molecule has 2 heterocycles. The van der Waals surface area contributed by atoms with Gasteiger partial charge in [-0.05, 0) is 29.8 Å². The normalized spacial score (nSPS) is 21.7. The lowest BCUT2D eigenvalue weighted by atomic mass is 9.95. The van der Waals surface area contributed by atoms with Gasteiger partial charge in [0.1, 0.15) is 5.75 Å². The Balaban J connectivity index is 1.78. The summed E-state index contributed by atoms with van der Waals surface area (Å²) in [4.78, 5) is 0. The highest BCUT2D eigenvalue weighted by atomic mass is 79.9. The van der Waals surface area contributed by atoms with E-state index in [4.69, 9.17) is 33.0 Å². The molecule has 0 bridgehead atoms. The first-order valence-corrected chi connectivity index (χ1v) is 9.76. The maximum absolute atomic E-state index is 6.41. The van der Waals surface area contributed by atoms with Gasteiger partial charge in [-0.15, -0.1) is 0 Å². The van der Waals surface area contributed by atoms with Crippen LogP contribution in [0.1, 0.15) is 37.4 Å². The van der Waals surface area contributed by atoms with E-state index >= 15 is 0 Å². The molecular weight excluding hydrogens is 423 g/mol. The molecule has 25 heavy (non-hydrogen) atoms. The van der Waals surface area contributed by atoms with E-state index in [1.165, 1.54) is 0 Å². The molecule has 6 heteroatoms. The SMILES string of the molecule is CC(C)[C@@H]1Oc2c(Cl)cc(Cl)cc2[C@H]2CC(c3ccc(Br)cc3)=NN21. The zero-order chi connectivity index (χ0) is 17.7. The molecule has 4 rings (SSSR count). The summed E-state index contributed by atoms with van der Waals surface area (Å²) in [5.74, 6) is 1.01. The lowest BCUT2D eigenvalue weighted by Gasteiger charge is -2.40. The van der Waals surface area contributed by atoms with Crippen LogP contribution >= 0.6 is 39.1 Å². The summed E-state index contributed by atoms with van der Waals surface area (Å²) in [5.41, 5.74) is 3.18. The smallest absolute Gasteiger partial charge is 0.190 e. The lowest BCUT2D eigenvalue weighted by molar-refractivity contribution is -0.0460. The maximum atomic E-state index is 6.41. The molecule has 2 atom stereocenters. The standard InChI is InChI=1S/C19H17BrCl2N2O/c1-10(2)19-24-17(14-7-13(21)8-15(22)18(14)25-19)9-16(23-24)11-3-5-12(20)6-4-11/h3-8,10,17,19H,9H2,1-2H3/t17-,19+/m1/s1. The van der Waals surface area contributed by atoms with Crippen LogP contribution in [-0.4, -0.2) is 16.9 Å². The number of hydrazone groups is 1. The number of benzene rings is 2. The minimum absolute atomic E-state index is 0.0889. The van der Waals surface area contributed by atoms with Crippen LogP contribution in [-0.2, 0) is 0 Å². The van der Waals surface area contributed by atoms with E-state index in [2.05, 4.69) is 46.9 Å². The highest BCUT2D eigenvalue weighted by Crippen LogP contribution is 2.48. The van der Waals surface area contributed by atoms with Crippen molar-refractivity contribution < 1.29 is 4.74 Å². The third-order valence-corrected chi connectivity index (χ3v) is 5.61. The second-order valence-corrected chi connectivity index (χ2v) is 8.47. The Hall–Kier alpha value is -1.23. The van der Waals surface area contributed by atoms with Crippen LogP contribution in [0.25, 0.3) is 0 Å². The number of ether oxygens (including phenoxy) is 1. The van der Waals surface area contributed by atoms with E-state index in [-0.39, 0.29) is 18.2 Å². The van der Waals surface area contributed by atoms with Gasteiger partial charge in [0.2, 0.25) is 0 Å². The first-order chi connectivity index (χ1) is 11.9. The quantitative estimate of drug-likeness (QED) is 0.549. The second kappa shape index (κ2) is 6.49. The van der Waals surface area contributed by atoms with Crippen molar-refractivity contribution in [1.29, 1.82) is 0 Å². The number of rotatable bonds is 2. The first kappa shape index (κ1) is 17.2. The molecule has 2 aromatic carbocycles. The molecule has 2 aliphatic heterocycles. The van der Waals surface area contributed by atoms with Crippen LogP contribution in [0.4, 0.5) is 0 Å². The van der Waals surface area contributed by atoms with Crippen molar-refractivity contribution in [2.45, 2.75) is 32.5 Å². The summed E-state index contributed by atoms with van der Waals surface area (Å²) in [7, 11) is 0. The van der Waals surface area contributed by atoms with Crippen LogP contribution in [0, 0.1) is 5.92 Å². The van der Waals surface area contributed by atoms with E-state index in [0.717, 1.165) is 33.5 Å². The number of hydrogen-bond donors (Lipinski definition) is 0. The van der Waals surface area contributed by atoms with Crippen molar-refractivity contribution in [1.82, 2.24) is 5.01 Å². The Morgan fingerprint density at radius 3 is 2.60 bits per heavy atom. The Morgan fingerprint density at radius 2 is 1.92 bits per heavy atom. The monoisotopic (exact) mass is 438 g/mol. The number of hydrogen-bond acceptors (Lipinski definition) is 3. The van der Waals surface area contributed by atoms with Crippen molar-refractivity contribution in [3.63, 3.8) is 0 Å². The zero-order valence-corrected chi connectivity index (χ0v) is 16.9. The average molecular weight is 440 g/mol. The predicted molar refractivity (Wildman–Crippen MR) is 106 cm³/mol. The molecule has 0 spiro atoms. The van der Waals surface area contributed by atoms with Crippen LogP contribution in [0.2, 0.25) is 10.0 Å². The lowest BCUT2D eigenvalue weighted by Crippen LogP contribution is -2.43. The van der Waals surface area contributed by atoms with Crippen LogP contribution < -0.4 is 4.74 Å². The third-order valence-electron chi connectivity index (χ3n) is 4.59. The molecule has 130 valence electrons. The Morgan fingerprint density at radius 1 is 1.20 bits per heavy atom. The summed E-state index contributed by atoms with van der Waals surface area (Å²) in [6.07, 6.45) is 0.654. The molecule has 0 fully saturated rings. The van der Waals surface area contributed by atoms with Gasteiger partial charge in [0.15, 0.2) is 6.23 Å². The predicted octanol–water partition coefficient (Wildman–Crippen LogP) is 6.28. The fourth-order valence-electron chi connectivity index (χ4n) is 3.40. The van der Waals surface area contributed by atoms with Crippen molar-refractivity contribution in [3.8, 4) is 5.75 Å². The van der Waals surface area contributed by atoms with Gasteiger partial charge in [0, 0.05) is 27.4 Å². The second-order valence-electron chi connectivity index (χ2n) is 6.71. The molecule has 2 aliphatic rings. The van der Waals surface area contributed by atoms with Crippen LogP contribution in [0.15, 0.2) is 46.0 Å². The molecular formula is C19H17BrCl2N2O. The van der Waals surface area contributed by atoms with E-state index in [1.54, 1.807) is 6.07 Å². The molecule has 0 amide bonds. The van der Waals surface area contributed by atoms with Crippen LogP contribution in [0.3, 0.4) is 0 Å². The van der Waals surface area contributed by atoms with E-state index in [1.807, 2.05) is 18.2 Å². The molecule has 2 aromatic rings. The largest absolute Gasteiger partial charge is 0.467 e. The number of fused-ring (bicyclic) bond motifs is 3. The average Bonchev–Trinajstić information content (AvgIpc) is 3.00. The highest BCUT2D eigenvalue weighted by molar-refractivity contribution is 9.10. The number of nitrogens with zero attached hydrogens (tertiary/aromatic N) is 2. The van der Waals surface area contributed by atoms with Gasteiger partial charge < -0.3 is 4.74 Å². The Labute approximate surface area is 165 Å². The van der Waals surface area contributed by atoms with Gasteiger partial charge in [-0.1, -0.05) is 65.1 Å². The minimum Gasteiger partial charge on any atom is -0.467 e. The van der Waals surface area contributed by atoms with Crippen molar-refractivity contribution >= 4 is 44.8 Å². The third kappa shape index (κ3) is 3.05. The zero-order valence-electron chi connectivity index (χ0n) is 13.8. The molecule has 0 saturated carbocycles. The molecule has 0 radical (unpaired) electrons. The van der Waals surface area contributed by atoms with Crippen molar-refractivity contribution in [2.75, 3.05) is 0 Å². The van der Waals surface area contributed by atoms with Gasteiger partial charge in [-0.3, -0.25) is 0 Å². The summed E-state index contributed by atoms with van der Waals surface area (Å²) in [5, 5.41) is 8.14. The first-order valence-electron chi connectivity index (χ1n) is 8.21. The molecule has 3 nitrogen and oxygen atoms in total. The minimum atomic E-state index is -0.149. The maximum Gasteiger partial charge on any atom is 0.190 e. The fraction of sp³-hybridized carbons (Fsp3) is 0.316. The van der Waals surface area contributed by atoms with E-state index in [9.17, 15) is 0 Å². The van der Waals surface area contributed by atoms with Gasteiger partial charge in [0.25, 0.3) is 0 Å². The molecule has 0 aromatic heterocycles. The van der Waals surface area contributed by atoms with E-state index in [0.29, 0.717) is 10.0 Å². The van der Waals surface area contributed by atoms with Gasteiger partial charge in [-0.25, -0.2) is 5.01 Å². The Kier molecular flexibility index (Phi) is 4.47. The summed E-state index contributed by atoms with van der Waals surface area (Å²) in [6, 6.07) is 12.0. The summed E-state index contributed by atoms with van der Waals surface area (Å²) >= 11 is 16.1. The van der Waals surface area contributed by atoms with Crippen molar-refractivity contribution in [3.05, 3.63) is 62.0 Å². The molecule has 0 N–H and O–H groups in total. The Bertz CT molecular complexity index is 851. The van der Waals surface area contributed by atoms with Gasteiger partial charge >= 0.3 is 0 Å². The summed E-state index contributed by atoms with van der Waals surface area (Å²) < 4.78 is 7.27. The van der Waals surface area contributed by atoms with Gasteiger partial charge in [-0.2, -0.15) is 5.10 Å². The molecule has 0 saturated heterocycles. The van der Waals surface area contributed by atoms with Gasteiger partial charge in [0.05, 0.1) is 16.8 Å². The van der Waals surface area contributed by atoms with Crippen LogP contribution in [0.5, 0.6) is 5.75 Å². The number of halogens is 3. The van der Waals surface area contributed by atoms with Crippen molar-refractivity contribution in [2.24, 2.45) is 11.0 Å². The topological polar surface area (TPSA) is 24.8 Å². The molecule has 0 aliphatic carbocycles. The van der Waals surface area contributed by atoms with E-state index < -0.39 is 0 Å².